The summed E-state index contributed by atoms with van der Waals surface area (Å²) in [5.41, 5.74) is 0. The summed E-state index contributed by atoms with van der Waals surface area (Å²) >= 11 is 0. The molecule has 0 aliphatic carbocycles. The van der Waals surface area contributed by atoms with Gasteiger partial charge in [-0.2, -0.15) is 0 Å². The van der Waals surface area contributed by atoms with Gasteiger partial charge in [-0.15, -0.1) is 0 Å². The predicted octanol–water partition coefficient (Wildman–Crippen LogP) is 17.4. The van der Waals surface area contributed by atoms with Crippen LogP contribution in [0, 0.1) is 0 Å². The van der Waals surface area contributed by atoms with Gasteiger partial charge in [0, 0.05) is 25.9 Å². The molecule has 1 atom stereocenters. The van der Waals surface area contributed by atoms with E-state index in [-0.39, 0.29) is 42.4 Å². The number of hydrogen-bond donors (Lipinski definition) is 1. The van der Waals surface area contributed by atoms with Crippen molar-refractivity contribution in [2.75, 3.05) is 33.7 Å². The second-order valence-corrected chi connectivity index (χ2v) is 21.5. The molecule has 0 heterocycles. The minimum Gasteiger partial charge on any atom is -0.462 e. The Morgan fingerprint density at radius 2 is 0.652 bits per heavy atom. The molecule has 1 N–H and O–H groups in total. The maximum Gasteiger partial charge on any atom is 0.410 e. The van der Waals surface area contributed by atoms with Gasteiger partial charge in [0.1, 0.15) is 18.3 Å². The van der Waals surface area contributed by atoms with Gasteiger partial charge in [-0.25, -0.2) is 4.79 Å². The molecule has 0 rings (SSSR count). The summed E-state index contributed by atoms with van der Waals surface area (Å²) < 4.78 is 18.4. The molecule has 69 heavy (non-hydrogen) atoms. The van der Waals surface area contributed by atoms with E-state index in [9.17, 15) is 19.5 Å². The Morgan fingerprint density at radius 1 is 0.362 bits per heavy atom. The van der Waals surface area contributed by atoms with Gasteiger partial charge in [-0.1, -0.05) is 182 Å². The summed E-state index contributed by atoms with van der Waals surface area (Å²) in [7, 11) is 4.16. The quantitative estimate of drug-likeness (QED) is 0.0365. The molecule has 1 amide bonds. The highest BCUT2D eigenvalue weighted by atomic mass is 16.6. The Balaban J connectivity index is 5.09. The van der Waals surface area contributed by atoms with Gasteiger partial charge in [0.2, 0.25) is 0 Å². The number of aliphatic hydroxyl groups is 1. The fourth-order valence-electron chi connectivity index (χ4n) is 9.53. The molecule has 0 aliphatic rings. The third-order valence-electron chi connectivity index (χ3n) is 14.0. The van der Waals surface area contributed by atoms with Crippen LogP contribution in [0.5, 0.6) is 0 Å². The lowest BCUT2D eigenvalue weighted by Crippen LogP contribution is -2.37. The Bertz CT molecular complexity index is 1040. The Morgan fingerprint density at radius 3 is 1.00 bits per heavy atom. The van der Waals surface area contributed by atoms with Crippen LogP contribution in [0.1, 0.15) is 311 Å². The normalized spacial score (nSPS) is 12.2. The molecule has 0 aromatic rings. The average molecular weight is 980 g/mol. The molecule has 0 bridgehead atoms. The number of nitrogens with zero attached hydrogens (tertiary/aromatic N) is 2. The molecule has 0 aliphatic heterocycles. The SMILES string of the molecule is CCCCCCC(CCCCCC)OC(=O)CCCCCCCCC(CCCCCCCCC(=O)OC(CCCCCC)CCCCCC)OC(=O)N(CCCCCCCC(C)O)CCCN(C)C. The molecule has 410 valence electrons. The standard InChI is InChI=1S/C60H118N2O7/c1-8-12-16-32-43-55(44-33-17-13-9-2)67-58(64)49-38-28-22-20-26-36-47-57(69-60(66)62(53-41-51-61(6)7)52-40-30-24-25-31-42-54(5)63)48-37-27-21-23-29-39-50-59(65)68-56(45-34-18-14-10-3)46-35-19-15-11-4/h54-57,63H,8-53H2,1-7H3. The third kappa shape index (κ3) is 46.9. The molecule has 0 spiro atoms. The van der Waals surface area contributed by atoms with Crippen LogP contribution in [0.4, 0.5) is 4.79 Å². The van der Waals surface area contributed by atoms with E-state index < -0.39 is 0 Å². The summed E-state index contributed by atoms with van der Waals surface area (Å²) in [4.78, 5) is 43.6. The average Bonchev–Trinajstić information content (AvgIpc) is 3.32. The molecule has 9 nitrogen and oxygen atoms in total. The Kier molecular flexibility index (Phi) is 49.7. The zero-order valence-corrected chi connectivity index (χ0v) is 47.1. The van der Waals surface area contributed by atoms with Crippen LogP contribution in [-0.4, -0.2) is 91.1 Å². The van der Waals surface area contributed by atoms with Gasteiger partial charge >= 0.3 is 18.0 Å². The molecule has 9 heteroatoms. The van der Waals surface area contributed by atoms with Crippen molar-refractivity contribution in [1.29, 1.82) is 0 Å². The van der Waals surface area contributed by atoms with E-state index in [0.717, 1.165) is 199 Å². The largest absolute Gasteiger partial charge is 0.462 e. The van der Waals surface area contributed by atoms with E-state index in [1.54, 1.807) is 0 Å². The number of ether oxygens (including phenoxy) is 3. The zero-order chi connectivity index (χ0) is 50.8. The van der Waals surface area contributed by atoms with Crippen molar-refractivity contribution in [2.24, 2.45) is 0 Å². The van der Waals surface area contributed by atoms with E-state index in [2.05, 4.69) is 46.7 Å². The van der Waals surface area contributed by atoms with Gasteiger partial charge in [0.25, 0.3) is 0 Å². The van der Waals surface area contributed by atoms with Crippen LogP contribution in [0.3, 0.4) is 0 Å². The van der Waals surface area contributed by atoms with Gasteiger partial charge < -0.3 is 29.1 Å². The topological polar surface area (TPSA) is 106 Å². The second kappa shape index (κ2) is 51.0. The van der Waals surface area contributed by atoms with Crippen molar-refractivity contribution < 1.29 is 33.7 Å². The molecular weight excluding hydrogens is 861 g/mol. The van der Waals surface area contributed by atoms with Crippen LogP contribution in [0.15, 0.2) is 0 Å². The fourth-order valence-corrected chi connectivity index (χ4v) is 9.53. The van der Waals surface area contributed by atoms with Crippen LogP contribution in [0.2, 0.25) is 0 Å². The lowest BCUT2D eigenvalue weighted by molar-refractivity contribution is -0.151. The van der Waals surface area contributed by atoms with E-state index in [1.807, 2.05) is 11.8 Å². The van der Waals surface area contributed by atoms with Crippen molar-refractivity contribution in [1.82, 2.24) is 9.80 Å². The number of rotatable bonds is 53. The smallest absolute Gasteiger partial charge is 0.410 e. The van der Waals surface area contributed by atoms with Crippen LogP contribution in [0.25, 0.3) is 0 Å². The molecule has 0 saturated carbocycles. The van der Waals surface area contributed by atoms with Crippen molar-refractivity contribution in [2.45, 2.75) is 335 Å². The van der Waals surface area contributed by atoms with Crippen molar-refractivity contribution in [3.8, 4) is 0 Å². The summed E-state index contributed by atoms with van der Waals surface area (Å²) in [6.45, 7) is 13.2. The lowest BCUT2D eigenvalue weighted by Gasteiger charge is -2.26. The monoisotopic (exact) mass is 979 g/mol. The molecule has 0 aromatic heterocycles. The third-order valence-corrected chi connectivity index (χ3v) is 14.0. The van der Waals surface area contributed by atoms with Crippen molar-refractivity contribution in [3.05, 3.63) is 0 Å². The highest BCUT2D eigenvalue weighted by molar-refractivity contribution is 5.70. The number of hydrogen-bond acceptors (Lipinski definition) is 8. The minimum atomic E-state index is -0.232. The van der Waals surface area contributed by atoms with E-state index in [0.29, 0.717) is 19.4 Å². The first-order valence-corrected chi connectivity index (χ1v) is 30.2. The second-order valence-electron chi connectivity index (χ2n) is 21.5. The minimum absolute atomic E-state index is 0.0101. The van der Waals surface area contributed by atoms with E-state index in [4.69, 9.17) is 14.2 Å². The number of carbonyl (C=O) groups is 3. The molecule has 0 fully saturated rings. The summed E-state index contributed by atoms with van der Waals surface area (Å²) in [6, 6.07) is 0. The first-order chi connectivity index (χ1) is 33.6. The lowest BCUT2D eigenvalue weighted by atomic mass is 10.0. The fraction of sp³-hybridized carbons (Fsp3) is 0.950. The summed E-state index contributed by atoms with van der Waals surface area (Å²) in [5.74, 6) is -0.0202. The molecule has 0 saturated heterocycles. The van der Waals surface area contributed by atoms with Gasteiger partial charge in [-0.05, 0) is 137 Å². The number of amides is 1. The molecular formula is C60H118N2O7. The van der Waals surface area contributed by atoms with Gasteiger partial charge in [-0.3, -0.25) is 9.59 Å². The first kappa shape index (κ1) is 67.1. The summed E-state index contributed by atoms with van der Waals surface area (Å²) in [6.07, 6.45) is 45.9. The van der Waals surface area contributed by atoms with Gasteiger partial charge in [0.05, 0.1) is 6.10 Å². The highest BCUT2D eigenvalue weighted by Crippen LogP contribution is 2.22. The molecule has 0 radical (unpaired) electrons. The summed E-state index contributed by atoms with van der Waals surface area (Å²) in [5, 5.41) is 9.61. The van der Waals surface area contributed by atoms with E-state index >= 15 is 0 Å². The number of esters is 2. The highest BCUT2D eigenvalue weighted by Gasteiger charge is 2.21. The number of carbonyl (C=O) groups excluding carboxylic acids is 3. The number of aliphatic hydroxyl groups excluding tert-OH is 1. The maximum absolute atomic E-state index is 13.8. The molecule has 1 unspecified atom stereocenters. The van der Waals surface area contributed by atoms with Gasteiger partial charge in [0.15, 0.2) is 0 Å². The maximum atomic E-state index is 13.8. The van der Waals surface area contributed by atoms with Crippen LogP contribution < -0.4 is 0 Å². The van der Waals surface area contributed by atoms with Crippen molar-refractivity contribution >= 4 is 18.0 Å². The Labute approximate surface area is 428 Å². The van der Waals surface area contributed by atoms with Crippen LogP contribution in [-0.2, 0) is 23.8 Å². The first-order valence-electron chi connectivity index (χ1n) is 30.2. The zero-order valence-electron chi connectivity index (χ0n) is 47.1. The Hall–Kier alpha value is -1.87. The van der Waals surface area contributed by atoms with Crippen molar-refractivity contribution in [3.63, 3.8) is 0 Å². The molecule has 0 aromatic carbocycles. The van der Waals surface area contributed by atoms with E-state index in [1.165, 1.54) is 77.0 Å². The van der Waals surface area contributed by atoms with Crippen LogP contribution >= 0.6 is 0 Å². The predicted molar refractivity (Wildman–Crippen MR) is 293 cm³/mol. The number of unbranched alkanes of at least 4 members (excludes halogenated alkanes) is 26.